The Morgan fingerprint density at radius 2 is 1.18 bits per heavy atom. The van der Waals surface area contributed by atoms with Crippen molar-refractivity contribution < 1.29 is 9.85 Å². The molecule has 2 aromatic rings. The highest BCUT2D eigenvalue weighted by atomic mass is 16.6. The first kappa shape index (κ1) is 15.5. The maximum absolute atomic E-state index is 11.4. The van der Waals surface area contributed by atoms with E-state index in [1.165, 1.54) is 12.1 Å². The van der Waals surface area contributed by atoms with Gasteiger partial charge in [0.25, 0.3) is 11.4 Å². The lowest BCUT2D eigenvalue weighted by Gasteiger charge is -2.10. The number of anilines is 2. The molecule has 0 spiro atoms. The Bertz CT molecular complexity index is 682. The number of hydrogen-bond acceptors (Lipinski definition) is 6. The number of rotatable bonds is 6. The van der Waals surface area contributed by atoms with Crippen LogP contribution in [0.25, 0.3) is 10.8 Å². The van der Waals surface area contributed by atoms with Crippen molar-refractivity contribution >= 4 is 33.5 Å². The van der Waals surface area contributed by atoms with Crippen LogP contribution in [0.3, 0.4) is 0 Å². The molecule has 0 saturated heterocycles. The van der Waals surface area contributed by atoms with Crippen LogP contribution in [0.4, 0.5) is 22.7 Å². The van der Waals surface area contributed by atoms with Gasteiger partial charge in [-0.05, 0) is 38.1 Å². The summed E-state index contributed by atoms with van der Waals surface area (Å²) in [6.07, 6.45) is 0. The minimum atomic E-state index is -0.517. The highest BCUT2D eigenvalue weighted by molar-refractivity contribution is 6.04. The number of fused-ring (bicyclic) bond motifs is 1. The van der Waals surface area contributed by atoms with E-state index in [1.54, 1.807) is 12.1 Å². The van der Waals surface area contributed by atoms with E-state index in [9.17, 15) is 20.2 Å². The van der Waals surface area contributed by atoms with E-state index in [-0.39, 0.29) is 22.1 Å². The van der Waals surface area contributed by atoms with Crippen LogP contribution in [-0.2, 0) is 0 Å². The van der Waals surface area contributed by atoms with Crippen LogP contribution in [0.5, 0.6) is 0 Å². The smallest absolute Gasteiger partial charge is 0.300 e. The first-order valence-electron chi connectivity index (χ1n) is 6.87. The maximum Gasteiger partial charge on any atom is 0.300 e. The number of hydrogen-bond donors (Lipinski definition) is 2. The van der Waals surface area contributed by atoms with E-state index in [4.69, 9.17) is 0 Å². The molecule has 0 aromatic heterocycles. The summed E-state index contributed by atoms with van der Waals surface area (Å²) in [6.45, 7) is 4.68. The van der Waals surface area contributed by atoms with Gasteiger partial charge in [-0.2, -0.15) is 0 Å². The first-order chi connectivity index (χ1) is 10.5. The van der Waals surface area contributed by atoms with Gasteiger partial charge in [0.2, 0.25) is 0 Å². The molecule has 8 heteroatoms. The molecule has 0 saturated carbocycles. The second-order valence-electron chi connectivity index (χ2n) is 4.59. The quantitative estimate of drug-likeness (QED) is 0.624. The Labute approximate surface area is 126 Å². The molecule has 8 nitrogen and oxygen atoms in total. The van der Waals surface area contributed by atoms with Crippen LogP contribution in [0.2, 0.25) is 0 Å². The van der Waals surface area contributed by atoms with Crippen LogP contribution >= 0.6 is 0 Å². The molecule has 22 heavy (non-hydrogen) atoms. The van der Waals surface area contributed by atoms with Gasteiger partial charge < -0.3 is 10.6 Å². The van der Waals surface area contributed by atoms with Crippen molar-refractivity contribution in [1.29, 1.82) is 0 Å². The van der Waals surface area contributed by atoms with Crippen LogP contribution in [0, 0.1) is 20.2 Å². The molecule has 0 atom stereocenters. The molecule has 2 aromatic carbocycles. The van der Waals surface area contributed by atoms with Crippen molar-refractivity contribution in [2.45, 2.75) is 13.8 Å². The monoisotopic (exact) mass is 304 g/mol. The third kappa shape index (κ3) is 2.62. The standard InChI is InChI=1S/C14H16N4O4/c1-3-15-11-7-5-10-9(13(11)17(19)20)6-8-12(16-4-2)14(10)18(21)22/h5-8,15-16H,3-4H2,1-2H3. The van der Waals surface area contributed by atoms with Crippen molar-refractivity contribution in [3.05, 3.63) is 44.5 Å². The minimum absolute atomic E-state index is 0.148. The molecular weight excluding hydrogens is 288 g/mol. The van der Waals surface area contributed by atoms with E-state index in [0.717, 1.165) is 0 Å². The molecule has 0 unspecified atom stereocenters. The Morgan fingerprint density at radius 1 is 0.818 bits per heavy atom. The van der Waals surface area contributed by atoms with Crippen LogP contribution in [0.1, 0.15) is 13.8 Å². The molecule has 2 N–H and O–H groups in total. The topological polar surface area (TPSA) is 110 Å². The zero-order valence-electron chi connectivity index (χ0n) is 12.3. The second kappa shape index (κ2) is 6.25. The van der Waals surface area contributed by atoms with E-state index < -0.39 is 9.85 Å². The second-order valence-corrected chi connectivity index (χ2v) is 4.59. The number of benzene rings is 2. The van der Waals surface area contributed by atoms with E-state index in [1.807, 2.05) is 13.8 Å². The Morgan fingerprint density at radius 3 is 1.45 bits per heavy atom. The molecule has 0 amide bonds. The van der Waals surface area contributed by atoms with Crippen molar-refractivity contribution in [2.24, 2.45) is 0 Å². The molecule has 0 heterocycles. The normalized spacial score (nSPS) is 10.5. The number of nitrogens with one attached hydrogen (secondary N) is 2. The van der Waals surface area contributed by atoms with Gasteiger partial charge in [0, 0.05) is 13.1 Å². The fourth-order valence-corrected chi connectivity index (χ4v) is 2.43. The lowest BCUT2D eigenvalue weighted by atomic mass is 10.0. The molecule has 116 valence electrons. The third-order valence-corrected chi connectivity index (χ3v) is 3.24. The van der Waals surface area contributed by atoms with Crippen molar-refractivity contribution in [2.75, 3.05) is 23.7 Å². The zero-order valence-corrected chi connectivity index (χ0v) is 12.3. The zero-order chi connectivity index (χ0) is 16.3. The predicted octanol–water partition coefficient (Wildman–Crippen LogP) is 3.52. The summed E-state index contributed by atoms with van der Waals surface area (Å²) >= 11 is 0. The molecule has 0 bridgehead atoms. The molecular formula is C14H16N4O4. The van der Waals surface area contributed by atoms with Gasteiger partial charge in [0.15, 0.2) is 0 Å². The van der Waals surface area contributed by atoms with Gasteiger partial charge in [-0.15, -0.1) is 0 Å². The summed E-state index contributed by atoms with van der Waals surface area (Å²) < 4.78 is 0. The lowest BCUT2D eigenvalue weighted by Crippen LogP contribution is -2.04. The molecule has 0 aliphatic rings. The van der Waals surface area contributed by atoms with Gasteiger partial charge in [-0.25, -0.2) is 0 Å². The average molecular weight is 304 g/mol. The van der Waals surface area contributed by atoms with Crippen molar-refractivity contribution in [3.8, 4) is 0 Å². The molecule has 0 aliphatic carbocycles. The van der Waals surface area contributed by atoms with E-state index in [0.29, 0.717) is 24.5 Å². The van der Waals surface area contributed by atoms with Gasteiger partial charge in [-0.1, -0.05) is 0 Å². The Balaban J connectivity index is 2.84. The summed E-state index contributed by atoms with van der Waals surface area (Å²) in [4.78, 5) is 21.7. The van der Waals surface area contributed by atoms with Gasteiger partial charge in [0.1, 0.15) is 11.4 Å². The van der Waals surface area contributed by atoms with Crippen molar-refractivity contribution in [1.82, 2.24) is 0 Å². The summed E-state index contributed by atoms with van der Waals surface area (Å²) in [5.41, 5.74) is 0.409. The average Bonchev–Trinajstić information content (AvgIpc) is 2.46. The first-order valence-corrected chi connectivity index (χ1v) is 6.87. The van der Waals surface area contributed by atoms with Gasteiger partial charge in [0.05, 0.1) is 20.6 Å². The van der Waals surface area contributed by atoms with E-state index >= 15 is 0 Å². The maximum atomic E-state index is 11.4. The van der Waals surface area contributed by atoms with Gasteiger partial charge in [-0.3, -0.25) is 20.2 Å². The van der Waals surface area contributed by atoms with Crippen LogP contribution in [-0.4, -0.2) is 22.9 Å². The predicted molar refractivity (Wildman–Crippen MR) is 85.6 cm³/mol. The lowest BCUT2D eigenvalue weighted by molar-refractivity contribution is -0.383. The van der Waals surface area contributed by atoms with E-state index in [2.05, 4.69) is 10.6 Å². The Kier molecular flexibility index (Phi) is 4.40. The number of nitrogens with zero attached hydrogens (tertiary/aromatic N) is 2. The summed E-state index contributed by atoms with van der Waals surface area (Å²) in [5.74, 6) is 0. The Hall–Kier alpha value is -2.90. The van der Waals surface area contributed by atoms with Crippen LogP contribution < -0.4 is 10.6 Å². The van der Waals surface area contributed by atoms with Crippen LogP contribution in [0.15, 0.2) is 24.3 Å². The summed E-state index contributed by atoms with van der Waals surface area (Å²) in [7, 11) is 0. The summed E-state index contributed by atoms with van der Waals surface area (Å²) in [5, 5.41) is 29.1. The van der Waals surface area contributed by atoms with Crippen molar-refractivity contribution in [3.63, 3.8) is 0 Å². The molecule has 0 fully saturated rings. The SMILES string of the molecule is CCNc1ccc2c([N+](=O)[O-])c(NCC)ccc2c1[N+](=O)[O-]. The molecule has 0 aliphatic heterocycles. The molecule has 0 radical (unpaired) electrons. The molecule has 2 rings (SSSR count). The highest BCUT2D eigenvalue weighted by Gasteiger charge is 2.25. The fraction of sp³-hybridized carbons (Fsp3) is 0.286. The largest absolute Gasteiger partial charge is 0.380 e. The number of nitro benzene ring substituents is 2. The fourth-order valence-electron chi connectivity index (χ4n) is 2.43. The highest BCUT2D eigenvalue weighted by Crippen LogP contribution is 2.40. The third-order valence-electron chi connectivity index (χ3n) is 3.24. The minimum Gasteiger partial charge on any atom is -0.380 e. The summed E-state index contributed by atoms with van der Waals surface area (Å²) in [6, 6.07) is 6.10. The van der Waals surface area contributed by atoms with Gasteiger partial charge >= 0.3 is 0 Å². The number of nitro groups is 2.